The van der Waals surface area contributed by atoms with Gasteiger partial charge in [0.05, 0.1) is 0 Å². The van der Waals surface area contributed by atoms with E-state index in [1.807, 2.05) is 15.0 Å². The molecule has 100 valence electrons. The topological polar surface area (TPSA) is 80.5 Å². The van der Waals surface area contributed by atoms with Gasteiger partial charge < -0.3 is 0 Å². The van der Waals surface area contributed by atoms with Gasteiger partial charge in [-0.1, -0.05) is 0 Å². The summed E-state index contributed by atoms with van der Waals surface area (Å²) in [6.07, 6.45) is 5.61. The zero-order valence-corrected chi connectivity index (χ0v) is 14.8. The van der Waals surface area contributed by atoms with Crippen molar-refractivity contribution in [3.05, 3.63) is 25.9 Å². The van der Waals surface area contributed by atoms with Crippen LogP contribution in [0.1, 0.15) is 6.42 Å². The average Bonchev–Trinajstić information content (AvgIpc) is 2.71. The normalized spacial score (nSPS) is 15.3. The summed E-state index contributed by atoms with van der Waals surface area (Å²) < 4.78 is 6.28. The summed E-state index contributed by atoms with van der Waals surface area (Å²) >= 11 is -0.00188. The number of H-pyrrole nitrogens is 1. The van der Waals surface area contributed by atoms with E-state index in [4.69, 9.17) is 5.73 Å². The van der Waals surface area contributed by atoms with Crippen molar-refractivity contribution in [2.45, 2.75) is 11.3 Å². The van der Waals surface area contributed by atoms with E-state index in [0.29, 0.717) is 11.5 Å². The van der Waals surface area contributed by atoms with Gasteiger partial charge in [-0.05, 0) is 0 Å². The maximum atomic E-state index is 5.80. The number of hydrogen-bond donors (Lipinski definition) is 2. The summed E-state index contributed by atoms with van der Waals surface area (Å²) in [6, 6.07) is 1.89. The molecule has 3 rings (SSSR count). The molecule has 0 fully saturated rings. The molecule has 3 heterocycles. The van der Waals surface area contributed by atoms with Gasteiger partial charge in [0.2, 0.25) is 0 Å². The Morgan fingerprint density at radius 1 is 1.42 bits per heavy atom. The van der Waals surface area contributed by atoms with Crippen LogP contribution in [0.3, 0.4) is 0 Å². The summed E-state index contributed by atoms with van der Waals surface area (Å²) in [5.74, 6) is 0.499. The number of rotatable bonds is 3. The number of aromatic amines is 1. The van der Waals surface area contributed by atoms with Crippen LogP contribution in [-0.4, -0.2) is 24.4 Å². The van der Waals surface area contributed by atoms with Crippen molar-refractivity contribution in [2.24, 2.45) is 0 Å². The van der Waals surface area contributed by atoms with Crippen LogP contribution in [0.4, 0.5) is 5.82 Å². The number of pyridine rings is 1. The van der Waals surface area contributed by atoms with Crippen molar-refractivity contribution in [2.75, 3.05) is 5.73 Å². The number of anilines is 1. The molecule has 19 heavy (non-hydrogen) atoms. The first-order valence-electron chi connectivity index (χ1n) is 5.42. The molecule has 2 aromatic heterocycles. The Kier molecular flexibility index (Phi) is 4.48. The molecule has 8 heteroatoms. The molecule has 0 spiro atoms. The number of allylic oxidation sites excluding steroid dienone is 3. The molecule has 0 aromatic carbocycles. The molecule has 0 unspecified atom stereocenters. The fraction of sp³-hybridized carbons (Fsp3) is 0.0909. The molecule has 0 amide bonds. The summed E-state index contributed by atoms with van der Waals surface area (Å²) in [7, 11) is 1.84. The number of hydrogen-bond acceptors (Lipinski definition) is 5. The summed E-state index contributed by atoms with van der Waals surface area (Å²) in [5.41, 5.74) is 7.21. The minimum absolute atomic E-state index is 0.126. The Hall–Kier alpha value is -0.490. The number of aromatic nitrogens is 4. The number of halogens is 2. The van der Waals surface area contributed by atoms with E-state index >= 15 is 0 Å². The van der Waals surface area contributed by atoms with E-state index in [-0.39, 0.29) is 40.6 Å². The van der Waals surface area contributed by atoms with Crippen LogP contribution in [0.5, 0.6) is 0 Å². The van der Waals surface area contributed by atoms with Gasteiger partial charge in [0.15, 0.2) is 0 Å². The molecule has 1 aliphatic rings. The molecule has 0 saturated heterocycles. The molecule has 0 aliphatic carbocycles. The Morgan fingerprint density at radius 3 is 3.32 bits per heavy atom. The molecular formula is C11H10I2N5S-. The first-order valence-corrected chi connectivity index (χ1v) is 12.3. The summed E-state index contributed by atoms with van der Waals surface area (Å²) in [5, 5.41) is 10.7. The van der Waals surface area contributed by atoms with Gasteiger partial charge in [0.25, 0.3) is 0 Å². The van der Waals surface area contributed by atoms with Gasteiger partial charge in [0, 0.05) is 0 Å². The average molecular weight is 498 g/mol. The van der Waals surface area contributed by atoms with E-state index in [0.717, 1.165) is 16.8 Å². The summed E-state index contributed by atoms with van der Waals surface area (Å²) in [6.45, 7) is 0. The molecule has 0 bridgehead atoms. The molecule has 0 atom stereocenters. The minimum atomic E-state index is -0.127. The van der Waals surface area contributed by atoms with Gasteiger partial charge in [-0.25, -0.2) is 0 Å². The zero-order chi connectivity index (χ0) is 13.1. The van der Waals surface area contributed by atoms with Gasteiger partial charge in [-0.2, -0.15) is 0 Å². The number of nitrogens with zero attached hydrogens (tertiary/aromatic N) is 3. The maximum absolute atomic E-state index is 5.80. The number of nitrogens with two attached hydrogens (primary N) is 1. The summed E-state index contributed by atoms with van der Waals surface area (Å²) in [4.78, 5) is 5.22. The van der Waals surface area contributed by atoms with E-state index < -0.39 is 0 Å². The van der Waals surface area contributed by atoms with Gasteiger partial charge >= 0.3 is 134 Å². The van der Waals surface area contributed by atoms with Crippen LogP contribution < -0.4 is 25.6 Å². The van der Waals surface area contributed by atoms with Crippen LogP contribution in [0.25, 0.3) is 11.2 Å². The zero-order valence-electron chi connectivity index (χ0n) is 9.68. The van der Waals surface area contributed by atoms with Gasteiger partial charge in [-0.15, -0.1) is 0 Å². The Balaban J connectivity index is 1.83. The van der Waals surface area contributed by atoms with E-state index in [1.165, 1.54) is 3.58 Å². The van der Waals surface area contributed by atoms with Crippen molar-refractivity contribution >= 4 is 50.7 Å². The van der Waals surface area contributed by atoms with Crippen LogP contribution in [0.15, 0.2) is 30.8 Å². The van der Waals surface area contributed by atoms with Crippen molar-refractivity contribution in [1.82, 2.24) is 20.4 Å². The molecule has 5 nitrogen and oxygen atoms in total. The standard InChI is InChI=1S/C11H10I2N5S/c14-9-5-8(10-11(15-9)17-18-16-10)19-13-7-3-1-2-4-12-6-7/h1,3-6H,2H2,(H3,14,15,16,17,18)/q-1. The SMILES string of the molecule is Nc1cc(S[I-]C2=CI=CCC=C2)c2n[nH]nc2n1. The van der Waals surface area contributed by atoms with Gasteiger partial charge in [-0.3, -0.25) is 0 Å². The van der Waals surface area contributed by atoms with Crippen molar-refractivity contribution in [3.63, 3.8) is 0 Å². The number of fused-ring (bicyclic) bond motifs is 1. The Morgan fingerprint density at radius 2 is 2.37 bits per heavy atom. The first kappa shape index (κ1) is 13.5. The quantitative estimate of drug-likeness (QED) is 0.564. The van der Waals surface area contributed by atoms with Crippen LogP contribution in [-0.2, 0) is 0 Å². The van der Waals surface area contributed by atoms with Crippen molar-refractivity contribution in [1.29, 1.82) is 0 Å². The molecule has 3 N–H and O–H groups in total. The van der Waals surface area contributed by atoms with Crippen LogP contribution in [0.2, 0.25) is 0 Å². The van der Waals surface area contributed by atoms with Crippen molar-refractivity contribution in [3.8, 4) is 0 Å². The van der Waals surface area contributed by atoms with E-state index in [9.17, 15) is 0 Å². The molecule has 0 radical (unpaired) electrons. The molecule has 2 aromatic rings. The first-order chi connectivity index (χ1) is 9.33. The fourth-order valence-corrected chi connectivity index (χ4v) is 9.77. The Bertz CT molecular complexity index is 691. The third-order valence-electron chi connectivity index (χ3n) is 2.25. The predicted octanol–water partition coefficient (Wildman–Crippen LogP) is -0.395. The number of nitrogen functional groups attached to an aromatic ring is 1. The predicted molar refractivity (Wildman–Crippen MR) is 83.9 cm³/mol. The number of nitrogens with one attached hydrogen (secondary N) is 1. The Labute approximate surface area is 133 Å². The third-order valence-corrected chi connectivity index (χ3v) is 10.5. The van der Waals surface area contributed by atoms with Gasteiger partial charge in [0.1, 0.15) is 0 Å². The van der Waals surface area contributed by atoms with E-state index in [2.05, 4.69) is 40.6 Å². The van der Waals surface area contributed by atoms with E-state index in [1.54, 1.807) is 0 Å². The fourth-order valence-electron chi connectivity index (χ4n) is 1.44. The second-order valence-electron chi connectivity index (χ2n) is 3.61. The van der Waals surface area contributed by atoms with Crippen LogP contribution in [0, 0.1) is 0 Å². The second kappa shape index (κ2) is 6.31. The molecule has 1 aliphatic heterocycles. The monoisotopic (exact) mass is 498 g/mol. The third kappa shape index (κ3) is 3.34. The molecule has 0 saturated carbocycles. The van der Waals surface area contributed by atoms with Crippen LogP contribution >= 0.6 is 29.7 Å². The molecular weight excluding hydrogens is 488 g/mol. The van der Waals surface area contributed by atoms with Crippen molar-refractivity contribution < 1.29 is 19.8 Å². The second-order valence-corrected chi connectivity index (χ2v) is 10.5.